The molecule has 0 aromatic heterocycles. The van der Waals surface area contributed by atoms with Crippen LogP contribution >= 0.6 is 0 Å². The fourth-order valence-corrected chi connectivity index (χ4v) is 4.86. The number of carbonyl (C=O) groups excluding carboxylic acids is 1. The maximum atomic E-state index is 12.5. The van der Waals surface area contributed by atoms with Crippen LogP contribution in [0.1, 0.15) is 57.8 Å². The molecule has 4 fully saturated rings. The Labute approximate surface area is 121 Å². The van der Waals surface area contributed by atoms with Crippen LogP contribution in [0, 0.1) is 5.41 Å². The summed E-state index contributed by atoms with van der Waals surface area (Å²) in [5.74, 6) is 0. The summed E-state index contributed by atoms with van der Waals surface area (Å²) in [6, 6.07) is 0.428. The fourth-order valence-electron chi connectivity index (χ4n) is 4.86. The van der Waals surface area contributed by atoms with Crippen molar-refractivity contribution in [2.45, 2.75) is 76.0 Å². The number of rotatable bonds is 1. The summed E-state index contributed by atoms with van der Waals surface area (Å²) in [7, 11) is 0. The molecule has 4 heteroatoms. The summed E-state index contributed by atoms with van der Waals surface area (Å²) in [5.41, 5.74) is 0.459. The van der Waals surface area contributed by atoms with E-state index in [1.54, 1.807) is 0 Å². The van der Waals surface area contributed by atoms with Gasteiger partial charge in [-0.2, -0.15) is 0 Å². The van der Waals surface area contributed by atoms with E-state index in [2.05, 4.69) is 10.2 Å². The number of hydrogen-bond donors (Lipinski definition) is 1. The van der Waals surface area contributed by atoms with Gasteiger partial charge in [-0.1, -0.05) is 19.3 Å². The summed E-state index contributed by atoms with van der Waals surface area (Å²) in [6.07, 6.45) is 12.0. The Balaban J connectivity index is 1.33. The number of urea groups is 1. The number of amides is 2. The molecule has 112 valence electrons. The van der Waals surface area contributed by atoms with Gasteiger partial charge in [0.15, 0.2) is 0 Å². The first-order chi connectivity index (χ1) is 9.74. The third kappa shape index (κ3) is 2.22. The Bertz CT molecular complexity index is 392. The van der Waals surface area contributed by atoms with Crippen molar-refractivity contribution in [2.75, 3.05) is 13.1 Å². The zero-order valence-corrected chi connectivity index (χ0v) is 12.3. The van der Waals surface area contributed by atoms with E-state index >= 15 is 0 Å². The van der Waals surface area contributed by atoms with Crippen molar-refractivity contribution in [2.24, 2.45) is 5.41 Å². The first-order valence-electron chi connectivity index (χ1n) is 8.45. The van der Waals surface area contributed by atoms with Gasteiger partial charge in [0.2, 0.25) is 0 Å². The van der Waals surface area contributed by atoms with E-state index in [1.165, 1.54) is 44.9 Å². The van der Waals surface area contributed by atoms with Gasteiger partial charge in [-0.05, 0) is 43.9 Å². The zero-order chi connectivity index (χ0) is 13.6. The lowest BCUT2D eigenvalue weighted by Gasteiger charge is -2.33. The average molecular weight is 278 g/mol. The number of fused-ring (bicyclic) bond motifs is 2. The molecule has 2 amide bonds. The van der Waals surface area contributed by atoms with Crippen molar-refractivity contribution in [3.63, 3.8) is 0 Å². The van der Waals surface area contributed by atoms with E-state index in [9.17, 15) is 4.79 Å². The fraction of sp³-hybridized carbons (Fsp3) is 0.938. The molecular weight excluding hydrogens is 252 g/mol. The van der Waals surface area contributed by atoms with Gasteiger partial charge >= 0.3 is 6.03 Å². The Morgan fingerprint density at radius 1 is 1.15 bits per heavy atom. The first kappa shape index (κ1) is 12.9. The van der Waals surface area contributed by atoms with E-state index in [4.69, 9.17) is 4.74 Å². The van der Waals surface area contributed by atoms with Crippen LogP contribution in [-0.2, 0) is 4.74 Å². The van der Waals surface area contributed by atoms with Crippen molar-refractivity contribution in [1.29, 1.82) is 0 Å². The summed E-state index contributed by atoms with van der Waals surface area (Å²) in [6.45, 7) is 1.94. The van der Waals surface area contributed by atoms with Crippen molar-refractivity contribution < 1.29 is 9.53 Å². The Hall–Kier alpha value is -0.770. The zero-order valence-electron chi connectivity index (χ0n) is 12.3. The number of ether oxygens (including phenoxy) is 1. The molecule has 0 aromatic rings. The van der Waals surface area contributed by atoms with Gasteiger partial charge in [-0.3, -0.25) is 0 Å². The van der Waals surface area contributed by atoms with Crippen LogP contribution in [0.25, 0.3) is 0 Å². The molecule has 3 atom stereocenters. The van der Waals surface area contributed by atoms with E-state index in [-0.39, 0.29) is 18.2 Å². The lowest BCUT2D eigenvalue weighted by Crippen LogP contribution is -2.48. The Morgan fingerprint density at radius 3 is 2.70 bits per heavy atom. The standard InChI is InChI=1S/C16H26N2O2/c19-15(17-13-10-12-4-5-14(13)20-12)18-9-8-16(11-18)6-2-1-3-7-16/h12-14H,1-11H2,(H,17,19). The molecule has 20 heavy (non-hydrogen) atoms. The molecule has 2 bridgehead atoms. The van der Waals surface area contributed by atoms with Crippen LogP contribution in [0.4, 0.5) is 4.79 Å². The molecule has 4 rings (SSSR count). The van der Waals surface area contributed by atoms with Crippen molar-refractivity contribution in [1.82, 2.24) is 10.2 Å². The lowest BCUT2D eigenvalue weighted by atomic mass is 9.73. The van der Waals surface area contributed by atoms with Crippen molar-refractivity contribution in [3.05, 3.63) is 0 Å². The summed E-state index contributed by atoms with van der Waals surface area (Å²) < 4.78 is 5.82. The topological polar surface area (TPSA) is 41.6 Å². The van der Waals surface area contributed by atoms with Crippen molar-refractivity contribution >= 4 is 6.03 Å². The molecule has 1 aliphatic carbocycles. The summed E-state index contributed by atoms with van der Waals surface area (Å²) in [5, 5.41) is 3.24. The third-order valence-corrected chi connectivity index (χ3v) is 6.05. The predicted molar refractivity (Wildman–Crippen MR) is 76.5 cm³/mol. The monoisotopic (exact) mass is 278 g/mol. The van der Waals surface area contributed by atoms with Gasteiger partial charge in [-0.25, -0.2) is 4.79 Å². The average Bonchev–Trinajstić information content (AvgIpc) is 3.15. The minimum atomic E-state index is 0.161. The molecule has 3 unspecified atom stereocenters. The smallest absolute Gasteiger partial charge is 0.317 e. The van der Waals surface area contributed by atoms with Crippen LogP contribution in [0.5, 0.6) is 0 Å². The van der Waals surface area contributed by atoms with Gasteiger partial charge in [0.05, 0.1) is 18.2 Å². The minimum absolute atomic E-state index is 0.161. The molecule has 0 radical (unpaired) electrons. The second-order valence-electron chi connectivity index (χ2n) is 7.40. The van der Waals surface area contributed by atoms with Crippen molar-refractivity contribution in [3.8, 4) is 0 Å². The SMILES string of the molecule is O=C(NC1CC2CCC1O2)N1CCC2(CCCCC2)C1. The number of hydrogen-bond acceptors (Lipinski definition) is 2. The third-order valence-electron chi connectivity index (χ3n) is 6.05. The lowest BCUT2D eigenvalue weighted by molar-refractivity contribution is 0.0970. The molecule has 0 aromatic carbocycles. The molecule has 4 nitrogen and oxygen atoms in total. The molecular formula is C16H26N2O2. The molecule has 1 saturated carbocycles. The quantitative estimate of drug-likeness (QED) is 0.801. The normalized spacial score (nSPS) is 38.6. The molecule has 3 heterocycles. The highest BCUT2D eigenvalue weighted by Gasteiger charge is 2.44. The minimum Gasteiger partial charge on any atom is -0.373 e. The second kappa shape index (κ2) is 4.90. The van der Waals surface area contributed by atoms with E-state index in [0.29, 0.717) is 11.5 Å². The Kier molecular flexibility index (Phi) is 3.17. The molecule has 3 saturated heterocycles. The maximum absolute atomic E-state index is 12.5. The molecule has 1 N–H and O–H groups in total. The maximum Gasteiger partial charge on any atom is 0.317 e. The number of nitrogens with one attached hydrogen (secondary N) is 1. The molecule has 4 aliphatic rings. The highest BCUT2D eigenvalue weighted by atomic mass is 16.5. The van der Waals surface area contributed by atoms with Crippen LogP contribution < -0.4 is 5.32 Å². The van der Waals surface area contributed by atoms with Crippen LogP contribution in [-0.4, -0.2) is 42.3 Å². The van der Waals surface area contributed by atoms with Gasteiger partial charge in [0.1, 0.15) is 0 Å². The number of nitrogens with zero attached hydrogens (tertiary/aromatic N) is 1. The summed E-state index contributed by atoms with van der Waals surface area (Å²) >= 11 is 0. The second-order valence-corrected chi connectivity index (χ2v) is 7.40. The summed E-state index contributed by atoms with van der Waals surface area (Å²) in [4.78, 5) is 14.5. The highest BCUT2D eigenvalue weighted by Crippen LogP contribution is 2.43. The first-order valence-corrected chi connectivity index (χ1v) is 8.45. The van der Waals surface area contributed by atoms with Crippen LogP contribution in [0.2, 0.25) is 0 Å². The van der Waals surface area contributed by atoms with Gasteiger partial charge in [-0.15, -0.1) is 0 Å². The van der Waals surface area contributed by atoms with Crippen LogP contribution in [0.15, 0.2) is 0 Å². The predicted octanol–water partition coefficient (Wildman–Crippen LogP) is 2.67. The van der Waals surface area contributed by atoms with Gasteiger partial charge in [0, 0.05) is 13.1 Å². The van der Waals surface area contributed by atoms with Gasteiger partial charge in [0.25, 0.3) is 0 Å². The van der Waals surface area contributed by atoms with Crippen LogP contribution in [0.3, 0.4) is 0 Å². The van der Waals surface area contributed by atoms with Gasteiger partial charge < -0.3 is 15.0 Å². The van der Waals surface area contributed by atoms with E-state index in [1.807, 2.05) is 0 Å². The number of carbonyl (C=O) groups is 1. The van der Waals surface area contributed by atoms with E-state index < -0.39 is 0 Å². The highest BCUT2D eigenvalue weighted by molar-refractivity contribution is 5.75. The Morgan fingerprint density at radius 2 is 2.00 bits per heavy atom. The van der Waals surface area contributed by atoms with E-state index in [0.717, 1.165) is 25.9 Å². The number of likely N-dealkylation sites (tertiary alicyclic amines) is 1. The largest absolute Gasteiger partial charge is 0.373 e. The molecule has 1 spiro atoms. The molecule has 3 aliphatic heterocycles.